The summed E-state index contributed by atoms with van der Waals surface area (Å²) < 4.78 is 15.0. The van der Waals surface area contributed by atoms with Crippen molar-refractivity contribution in [3.8, 4) is 0 Å². The molecule has 10 heteroatoms. The highest BCUT2D eigenvalue weighted by Gasteiger charge is 2.40. The molecule has 0 radical (unpaired) electrons. The van der Waals surface area contributed by atoms with Gasteiger partial charge in [-0.05, 0) is 92.8 Å². The monoisotopic (exact) mass is 576 g/mol. The zero-order valence-corrected chi connectivity index (χ0v) is 24.1. The Morgan fingerprint density at radius 2 is 1.50 bits per heavy atom. The maximum absolute atomic E-state index is 15.0. The molecule has 4 fully saturated rings. The minimum Gasteiger partial charge on any atom is -0.399 e. The van der Waals surface area contributed by atoms with Gasteiger partial charge in [0.2, 0.25) is 11.8 Å². The molecule has 1 atom stereocenters. The van der Waals surface area contributed by atoms with Crippen LogP contribution in [0.15, 0.2) is 42.5 Å². The standard InChI is InChI=1S/C32H41FN6O3/c33-27-21-25(5-6-26(27)30(41)35-28-7-8-29(40)36-31(28)42)37-15-13-32(14-16-37)11-9-24(10-12-32)39-19-17-38(18-20-39)23-3-1-22(34)2-4-23/h1-6,21,24,28H,7-20,34H2,(H,35,41)(H,36,40,42). The largest absolute Gasteiger partial charge is 0.399 e. The Labute approximate surface area is 246 Å². The molecule has 3 amide bonds. The van der Waals surface area contributed by atoms with E-state index in [1.54, 1.807) is 6.07 Å². The van der Waals surface area contributed by atoms with E-state index in [-0.39, 0.29) is 24.3 Å². The van der Waals surface area contributed by atoms with Gasteiger partial charge in [0, 0.05) is 68.8 Å². The number of nitrogens with two attached hydrogens (primary N) is 1. The second kappa shape index (κ2) is 11.9. The van der Waals surface area contributed by atoms with E-state index in [1.165, 1.54) is 43.5 Å². The van der Waals surface area contributed by atoms with Crippen LogP contribution < -0.4 is 26.2 Å². The predicted molar refractivity (Wildman–Crippen MR) is 161 cm³/mol. The number of piperidine rings is 2. The third-order valence-electron chi connectivity index (χ3n) is 10.0. The van der Waals surface area contributed by atoms with Crippen LogP contribution in [-0.2, 0) is 9.59 Å². The first-order valence-corrected chi connectivity index (χ1v) is 15.3. The van der Waals surface area contributed by atoms with Crippen LogP contribution in [0.4, 0.5) is 21.5 Å². The highest BCUT2D eigenvalue weighted by molar-refractivity contribution is 6.03. The lowest BCUT2D eigenvalue weighted by atomic mass is 9.66. The average molecular weight is 577 g/mol. The molecule has 4 aliphatic rings. The molecule has 224 valence electrons. The van der Waals surface area contributed by atoms with Crippen LogP contribution in [0.25, 0.3) is 0 Å². The highest BCUT2D eigenvalue weighted by atomic mass is 19.1. The summed E-state index contributed by atoms with van der Waals surface area (Å²) in [4.78, 5) is 43.3. The Hall–Kier alpha value is -3.66. The van der Waals surface area contributed by atoms with E-state index in [0.717, 1.165) is 63.5 Å². The minimum atomic E-state index is -0.832. The lowest BCUT2D eigenvalue weighted by Crippen LogP contribution is -2.52. The molecule has 0 aromatic heterocycles. The van der Waals surface area contributed by atoms with Gasteiger partial charge < -0.3 is 20.9 Å². The third kappa shape index (κ3) is 6.09. The number of rotatable bonds is 5. The van der Waals surface area contributed by atoms with Crippen LogP contribution in [0, 0.1) is 11.2 Å². The Kier molecular flexibility index (Phi) is 8.07. The van der Waals surface area contributed by atoms with Gasteiger partial charge in [0.15, 0.2) is 0 Å². The van der Waals surface area contributed by atoms with Gasteiger partial charge in [-0.2, -0.15) is 0 Å². The maximum Gasteiger partial charge on any atom is 0.254 e. The number of anilines is 3. The second-order valence-electron chi connectivity index (χ2n) is 12.5. The second-order valence-corrected chi connectivity index (χ2v) is 12.5. The number of hydrogen-bond acceptors (Lipinski definition) is 7. The van der Waals surface area contributed by atoms with Crippen LogP contribution in [0.3, 0.4) is 0 Å². The Morgan fingerprint density at radius 3 is 2.14 bits per heavy atom. The van der Waals surface area contributed by atoms with Crippen molar-refractivity contribution >= 4 is 34.8 Å². The molecule has 3 saturated heterocycles. The molecule has 2 aromatic carbocycles. The molecule has 3 aliphatic heterocycles. The number of halogens is 1. The molecule has 3 heterocycles. The zero-order chi connectivity index (χ0) is 29.3. The van der Waals surface area contributed by atoms with Gasteiger partial charge in [-0.15, -0.1) is 0 Å². The number of piperazine rings is 1. The first-order chi connectivity index (χ1) is 20.3. The quantitative estimate of drug-likeness (QED) is 0.370. The average Bonchev–Trinajstić information content (AvgIpc) is 3.00. The summed E-state index contributed by atoms with van der Waals surface area (Å²) in [7, 11) is 0. The van der Waals surface area contributed by atoms with E-state index in [9.17, 15) is 14.4 Å². The lowest BCUT2D eigenvalue weighted by molar-refractivity contribution is -0.134. The highest BCUT2D eigenvalue weighted by Crippen LogP contribution is 2.46. The van der Waals surface area contributed by atoms with Gasteiger partial charge in [0.1, 0.15) is 11.9 Å². The molecule has 4 N–H and O–H groups in total. The fraction of sp³-hybridized carbons (Fsp3) is 0.531. The van der Waals surface area contributed by atoms with Crippen molar-refractivity contribution in [1.82, 2.24) is 15.5 Å². The van der Waals surface area contributed by atoms with Crippen molar-refractivity contribution in [2.24, 2.45) is 5.41 Å². The Balaban J connectivity index is 0.970. The number of benzene rings is 2. The number of nitrogens with one attached hydrogen (secondary N) is 2. The van der Waals surface area contributed by atoms with E-state index in [4.69, 9.17) is 5.73 Å². The van der Waals surface area contributed by atoms with Gasteiger partial charge >= 0.3 is 0 Å². The number of carbonyl (C=O) groups is 3. The number of hydrogen-bond donors (Lipinski definition) is 3. The fourth-order valence-electron chi connectivity index (χ4n) is 7.30. The van der Waals surface area contributed by atoms with Crippen LogP contribution in [0.2, 0.25) is 0 Å². The number of carbonyl (C=O) groups excluding carboxylic acids is 3. The third-order valence-corrected chi connectivity index (χ3v) is 10.0. The first kappa shape index (κ1) is 28.5. The topological polar surface area (TPSA) is 111 Å². The van der Waals surface area contributed by atoms with Crippen molar-refractivity contribution in [2.75, 3.05) is 54.8 Å². The summed E-state index contributed by atoms with van der Waals surface area (Å²) in [6.45, 7) is 6.06. The van der Waals surface area contributed by atoms with Crippen LogP contribution in [-0.4, -0.2) is 74.0 Å². The Bertz CT molecular complexity index is 1310. The number of amides is 3. The summed E-state index contributed by atoms with van der Waals surface area (Å²) >= 11 is 0. The van der Waals surface area contributed by atoms with E-state index < -0.39 is 23.7 Å². The number of nitrogen functional groups attached to an aromatic ring is 1. The molecule has 6 rings (SSSR count). The molecular formula is C32H41FN6O3. The Morgan fingerprint density at radius 1 is 0.857 bits per heavy atom. The molecule has 1 spiro atoms. The number of nitrogens with zero attached hydrogens (tertiary/aromatic N) is 3. The molecular weight excluding hydrogens is 535 g/mol. The van der Waals surface area contributed by atoms with Gasteiger partial charge in [-0.1, -0.05) is 0 Å². The van der Waals surface area contributed by atoms with Gasteiger partial charge in [-0.25, -0.2) is 4.39 Å². The molecule has 0 bridgehead atoms. The van der Waals surface area contributed by atoms with Gasteiger partial charge in [0.05, 0.1) is 5.56 Å². The minimum absolute atomic E-state index is 0.0930. The van der Waals surface area contributed by atoms with Crippen molar-refractivity contribution in [3.05, 3.63) is 53.8 Å². The summed E-state index contributed by atoms with van der Waals surface area (Å²) in [6, 6.07) is 12.7. The molecule has 1 aliphatic carbocycles. The van der Waals surface area contributed by atoms with E-state index in [1.807, 2.05) is 12.1 Å². The van der Waals surface area contributed by atoms with E-state index >= 15 is 4.39 Å². The van der Waals surface area contributed by atoms with Crippen molar-refractivity contribution < 1.29 is 18.8 Å². The van der Waals surface area contributed by atoms with Crippen LogP contribution in [0.1, 0.15) is 61.7 Å². The van der Waals surface area contributed by atoms with Crippen molar-refractivity contribution in [2.45, 2.75) is 63.5 Å². The van der Waals surface area contributed by atoms with Crippen molar-refractivity contribution in [1.29, 1.82) is 0 Å². The molecule has 2 aromatic rings. The number of imide groups is 1. The molecule has 1 saturated carbocycles. The molecule has 9 nitrogen and oxygen atoms in total. The van der Waals surface area contributed by atoms with Crippen LogP contribution in [0.5, 0.6) is 0 Å². The van der Waals surface area contributed by atoms with Gasteiger partial charge in [-0.3, -0.25) is 24.6 Å². The SMILES string of the molecule is Nc1ccc(N2CCN(C3CCC4(CC3)CCN(c3ccc(C(=O)NC5CCC(=O)NC5=O)c(F)c3)CC4)CC2)cc1. The molecule has 1 unspecified atom stereocenters. The first-order valence-electron chi connectivity index (χ1n) is 15.3. The molecule has 42 heavy (non-hydrogen) atoms. The predicted octanol–water partition coefficient (Wildman–Crippen LogP) is 3.29. The van der Waals surface area contributed by atoms with Crippen molar-refractivity contribution in [3.63, 3.8) is 0 Å². The smallest absolute Gasteiger partial charge is 0.254 e. The maximum atomic E-state index is 15.0. The van der Waals surface area contributed by atoms with Crippen LogP contribution >= 0.6 is 0 Å². The summed E-state index contributed by atoms with van der Waals surface area (Å²) in [5.41, 5.74) is 8.97. The lowest BCUT2D eigenvalue weighted by Gasteiger charge is -2.49. The fourth-order valence-corrected chi connectivity index (χ4v) is 7.30. The summed E-state index contributed by atoms with van der Waals surface area (Å²) in [5, 5.41) is 4.76. The normalized spacial score (nSPS) is 23.6. The summed E-state index contributed by atoms with van der Waals surface area (Å²) in [5.74, 6) is -2.16. The van der Waals surface area contributed by atoms with E-state index in [2.05, 4.69) is 37.5 Å². The zero-order valence-electron chi connectivity index (χ0n) is 24.1. The summed E-state index contributed by atoms with van der Waals surface area (Å²) in [6.07, 6.45) is 7.55. The van der Waals surface area contributed by atoms with Gasteiger partial charge in [0.25, 0.3) is 5.91 Å². The van der Waals surface area contributed by atoms with E-state index in [0.29, 0.717) is 11.5 Å².